The molecule has 5 nitrogen and oxygen atoms in total. The summed E-state index contributed by atoms with van der Waals surface area (Å²) in [6.07, 6.45) is 1.55. The molecule has 4 aromatic carbocycles. The van der Waals surface area contributed by atoms with Crippen molar-refractivity contribution in [3.05, 3.63) is 115 Å². The molecule has 5 aromatic rings. The van der Waals surface area contributed by atoms with Gasteiger partial charge in [-0.25, -0.2) is 4.98 Å². The number of halogens is 3. The summed E-state index contributed by atoms with van der Waals surface area (Å²) in [5.41, 5.74) is 1.59. The molecule has 5 rings (SSSR count). The third-order valence-corrected chi connectivity index (χ3v) is 7.13. The SMILES string of the molecule is CC(C)(C)c1nc2ccc(Br)cc2c(=O)n1N=Cc1cc(Cl)c(OCc2cccc3ccccc23)c(Cl)c1. The summed E-state index contributed by atoms with van der Waals surface area (Å²) in [4.78, 5) is 18.1. The van der Waals surface area contributed by atoms with Crippen molar-refractivity contribution in [3.63, 3.8) is 0 Å². The molecule has 0 radical (unpaired) electrons. The van der Waals surface area contributed by atoms with Gasteiger partial charge in [0.05, 0.1) is 27.2 Å². The lowest BCUT2D eigenvalue weighted by Crippen LogP contribution is -2.29. The largest absolute Gasteiger partial charge is 0.486 e. The predicted molar refractivity (Wildman–Crippen MR) is 160 cm³/mol. The van der Waals surface area contributed by atoms with Crippen LogP contribution in [-0.4, -0.2) is 15.9 Å². The topological polar surface area (TPSA) is 56.5 Å². The normalized spacial score (nSPS) is 12.1. The number of nitrogens with zero attached hydrogens (tertiary/aromatic N) is 3. The molecule has 8 heteroatoms. The first-order valence-corrected chi connectivity index (χ1v) is 13.5. The highest BCUT2D eigenvalue weighted by Gasteiger charge is 2.23. The number of benzene rings is 4. The summed E-state index contributed by atoms with van der Waals surface area (Å²) in [7, 11) is 0. The third-order valence-electron chi connectivity index (χ3n) is 6.07. The standard InChI is InChI=1S/C30H24BrCl2N3O2/c1-30(2,3)29-35-26-12-11-21(31)15-23(26)28(37)36(29)34-16-18-13-24(32)27(25(33)14-18)38-17-20-9-6-8-19-7-4-5-10-22(19)20/h4-16H,17H2,1-3H3. The molecule has 0 amide bonds. The zero-order valence-electron chi connectivity index (χ0n) is 21.0. The average Bonchev–Trinajstić information content (AvgIpc) is 2.87. The molecule has 1 aromatic heterocycles. The molecule has 192 valence electrons. The van der Waals surface area contributed by atoms with Gasteiger partial charge in [0.2, 0.25) is 0 Å². The summed E-state index contributed by atoms with van der Waals surface area (Å²) >= 11 is 16.6. The van der Waals surface area contributed by atoms with Crippen molar-refractivity contribution < 1.29 is 4.74 Å². The van der Waals surface area contributed by atoms with Gasteiger partial charge in [0.15, 0.2) is 5.75 Å². The van der Waals surface area contributed by atoms with Gasteiger partial charge in [-0.3, -0.25) is 4.79 Å². The Morgan fingerprint density at radius 3 is 2.42 bits per heavy atom. The zero-order valence-corrected chi connectivity index (χ0v) is 24.1. The molecule has 1 heterocycles. The van der Waals surface area contributed by atoms with E-state index in [1.165, 1.54) is 4.68 Å². The molecule has 0 N–H and O–H groups in total. The van der Waals surface area contributed by atoms with Crippen molar-refractivity contribution in [2.45, 2.75) is 32.8 Å². The van der Waals surface area contributed by atoms with Crippen molar-refractivity contribution in [2.75, 3.05) is 0 Å². The van der Waals surface area contributed by atoms with Crippen LogP contribution in [0.4, 0.5) is 0 Å². The lowest BCUT2D eigenvalue weighted by atomic mass is 9.95. The van der Waals surface area contributed by atoms with E-state index in [0.717, 1.165) is 20.8 Å². The van der Waals surface area contributed by atoms with Crippen molar-refractivity contribution in [3.8, 4) is 5.75 Å². The van der Waals surface area contributed by atoms with Crippen LogP contribution < -0.4 is 10.3 Å². The molecule has 0 unspecified atom stereocenters. The van der Waals surface area contributed by atoms with Gasteiger partial charge in [0, 0.05) is 9.89 Å². The van der Waals surface area contributed by atoms with Gasteiger partial charge in [-0.05, 0) is 52.2 Å². The zero-order chi connectivity index (χ0) is 27.0. The Bertz CT molecular complexity index is 1750. The molecule has 0 saturated heterocycles. The Morgan fingerprint density at radius 2 is 1.68 bits per heavy atom. The number of ether oxygens (including phenoxy) is 1. The Balaban J connectivity index is 1.47. The first-order chi connectivity index (χ1) is 18.1. The van der Waals surface area contributed by atoms with E-state index in [2.05, 4.69) is 39.2 Å². The fraction of sp³-hybridized carbons (Fsp3) is 0.167. The summed E-state index contributed by atoms with van der Waals surface area (Å²) in [5, 5.41) is 7.93. The highest BCUT2D eigenvalue weighted by molar-refractivity contribution is 9.10. The number of hydrogen-bond acceptors (Lipinski definition) is 4. The van der Waals surface area contributed by atoms with Crippen LogP contribution in [0.15, 0.2) is 87.2 Å². The summed E-state index contributed by atoms with van der Waals surface area (Å²) in [6, 6.07) is 23.1. The van der Waals surface area contributed by atoms with Crippen LogP contribution in [0.25, 0.3) is 21.7 Å². The molecule has 38 heavy (non-hydrogen) atoms. The first kappa shape index (κ1) is 26.4. The molecule has 0 bridgehead atoms. The summed E-state index contributed by atoms with van der Waals surface area (Å²) in [6.45, 7) is 6.28. The highest BCUT2D eigenvalue weighted by atomic mass is 79.9. The van der Waals surface area contributed by atoms with E-state index in [-0.39, 0.29) is 5.56 Å². The third kappa shape index (κ3) is 5.35. The maximum atomic E-state index is 13.4. The molecule has 0 saturated carbocycles. The second kappa shape index (κ2) is 10.5. The van der Waals surface area contributed by atoms with E-state index >= 15 is 0 Å². The Kier molecular flexibility index (Phi) is 7.32. The van der Waals surface area contributed by atoms with Crippen LogP contribution >= 0.6 is 39.1 Å². The van der Waals surface area contributed by atoms with Crippen molar-refractivity contribution in [1.29, 1.82) is 0 Å². The molecule has 0 atom stereocenters. The van der Waals surface area contributed by atoms with Crippen LogP contribution in [0.5, 0.6) is 5.75 Å². The number of fused-ring (bicyclic) bond motifs is 2. The minimum absolute atomic E-state index is 0.260. The summed E-state index contributed by atoms with van der Waals surface area (Å²) < 4.78 is 8.17. The van der Waals surface area contributed by atoms with E-state index in [1.54, 1.807) is 24.4 Å². The van der Waals surface area contributed by atoms with Crippen LogP contribution in [0, 0.1) is 0 Å². The minimum Gasteiger partial charge on any atom is -0.486 e. The van der Waals surface area contributed by atoms with E-state index in [0.29, 0.717) is 44.7 Å². The Labute approximate surface area is 238 Å². The quantitative estimate of drug-likeness (QED) is 0.188. The lowest BCUT2D eigenvalue weighted by molar-refractivity contribution is 0.308. The monoisotopic (exact) mass is 607 g/mol. The van der Waals surface area contributed by atoms with E-state index in [9.17, 15) is 4.79 Å². The molecule has 0 aliphatic rings. The maximum absolute atomic E-state index is 13.4. The van der Waals surface area contributed by atoms with E-state index < -0.39 is 5.41 Å². The Morgan fingerprint density at radius 1 is 0.974 bits per heavy atom. The predicted octanol–water partition coefficient (Wildman–Crippen LogP) is 8.38. The van der Waals surface area contributed by atoms with Gasteiger partial charge < -0.3 is 4.74 Å². The molecule has 0 spiro atoms. The lowest BCUT2D eigenvalue weighted by Gasteiger charge is -2.20. The second-order valence-corrected chi connectivity index (χ2v) is 11.7. The highest BCUT2D eigenvalue weighted by Crippen LogP contribution is 2.35. The molecular weight excluding hydrogens is 585 g/mol. The average molecular weight is 609 g/mol. The van der Waals surface area contributed by atoms with Crippen LogP contribution in [0.2, 0.25) is 10.0 Å². The van der Waals surface area contributed by atoms with Crippen LogP contribution in [0.1, 0.15) is 37.7 Å². The summed E-state index contributed by atoms with van der Waals surface area (Å²) in [5.74, 6) is 0.934. The van der Waals surface area contributed by atoms with Crippen LogP contribution in [-0.2, 0) is 12.0 Å². The van der Waals surface area contributed by atoms with Gasteiger partial charge >= 0.3 is 0 Å². The fourth-order valence-electron chi connectivity index (χ4n) is 4.23. The smallest absolute Gasteiger partial charge is 0.282 e. The fourth-order valence-corrected chi connectivity index (χ4v) is 5.20. The first-order valence-electron chi connectivity index (χ1n) is 12.0. The minimum atomic E-state index is -0.424. The van der Waals surface area contributed by atoms with Gasteiger partial charge in [-0.15, -0.1) is 0 Å². The van der Waals surface area contributed by atoms with Gasteiger partial charge in [-0.2, -0.15) is 9.78 Å². The van der Waals surface area contributed by atoms with Crippen molar-refractivity contribution >= 4 is 67.0 Å². The Hall–Kier alpha value is -3.19. The van der Waals surface area contributed by atoms with Crippen LogP contribution in [0.3, 0.4) is 0 Å². The van der Waals surface area contributed by atoms with Gasteiger partial charge in [0.1, 0.15) is 12.4 Å². The van der Waals surface area contributed by atoms with E-state index in [1.807, 2.05) is 57.2 Å². The van der Waals surface area contributed by atoms with Crippen molar-refractivity contribution in [2.24, 2.45) is 5.10 Å². The van der Waals surface area contributed by atoms with E-state index in [4.69, 9.17) is 32.9 Å². The van der Waals surface area contributed by atoms with Crippen molar-refractivity contribution in [1.82, 2.24) is 9.66 Å². The number of rotatable bonds is 5. The molecule has 0 aliphatic heterocycles. The number of aromatic nitrogens is 2. The second-order valence-electron chi connectivity index (χ2n) is 9.95. The van der Waals surface area contributed by atoms with Gasteiger partial charge in [0.25, 0.3) is 5.56 Å². The van der Waals surface area contributed by atoms with Gasteiger partial charge in [-0.1, -0.05) is 102 Å². The maximum Gasteiger partial charge on any atom is 0.282 e. The molecule has 0 fully saturated rings. The molecular formula is C30H24BrCl2N3O2. The number of hydrogen-bond donors (Lipinski definition) is 0. The molecule has 0 aliphatic carbocycles.